The Balaban J connectivity index is 1.81. The van der Waals surface area contributed by atoms with Gasteiger partial charge in [-0.3, -0.25) is 9.59 Å². The largest absolute Gasteiger partial charge is 0.573 e. The lowest BCUT2D eigenvalue weighted by Crippen LogP contribution is -2.65. The standard InChI is InChI=1S/C16H17F3N2O3/c17-16(18,19)24-12-5-3-11(4-6-12)13(22)21-10-9-20-14(23)15(21)7-1-2-8-15/h3-6H,1-2,7-10H2,(H,20,23). The van der Waals surface area contributed by atoms with E-state index in [4.69, 9.17) is 0 Å². The lowest BCUT2D eigenvalue weighted by molar-refractivity contribution is -0.274. The van der Waals surface area contributed by atoms with E-state index in [0.717, 1.165) is 25.0 Å². The van der Waals surface area contributed by atoms with Crippen LogP contribution >= 0.6 is 0 Å². The Bertz CT molecular complexity index is 637. The zero-order valence-corrected chi connectivity index (χ0v) is 12.9. The Kier molecular flexibility index (Phi) is 4.15. The first-order valence-electron chi connectivity index (χ1n) is 7.78. The Morgan fingerprint density at radius 2 is 1.79 bits per heavy atom. The second-order valence-electron chi connectivity index (χ2n) is 6.02. The number of benzene rings is 1. The van der Waals surface area contributed by atoms with E-state index in [9.17, 15) is 22.8 Å². The van der Waals surface area contributed by atoms with Gasteiger partial charge in [0.1, 0.15) is 11.3 Å². The van der Waals surface area contributed by atoms with Crippen molar-refractivity contribution in [3.8, 4) is 5.75 Å². The first-order chi connectivity index (χ1) is 11.3. The molecule has 1 aromatic carbocycles. The molecule has 1 N–H and O–H groups in total. The molecule has 3 rings (SSSR count). The summed E-state index contributed by atoms with van der Waals surface area (Å²) in [5.41, 5.74) is -0.582. The number of halogens is 3. The van der Waals surface area contributed by atoms with Crippen LogP contribution in [0.4, 0.5) is 13.2 Å². The highest BCUT2D eigenvalue weighted by Crippen LogP contribution is 2.37. The molecule has 1 aliphatic heterocycles. The smallest absolute Gasteiger partial charge is 0.406 e. The molecular weight excluding hydrogens is 325 g/mol. The van der Waals surface area contributed by atoms with Crippen LogP contribution in [-0.2, 0) is 4.79 Å². The first-order valence-corrected chi connectivity index (χ1v) is 7.78. The molecular formula is C16H17F3N2O3. The average Bonchev–Trinajstić information content (AvgIpc) is 2.99. The molecule has 1 spiro atoms. The van der Waals surface area contributed by atoms with Crippen LogP contribution in [-0.4, -0.2) is 41.7 Å². The van der Waals surface area contributed by atoms with Crippen molar-refractivity contribution < 1.29 is 27.5 Å². The van der Waals surface area contributed by atoms with Crippen molar-refractivity contribution >= 4 is 11.8 Å². The van der Waals surface area contributed by atoms with Gasteiger partial charge in [-0.1, -0.05) is 12.8 Å². The van der Waals surface area contributed by atoms with Crippen LogP contribution < -0.4 is 10.1 Å². The number of amides is 2. The van der Waals surface area contributed by atoms with Crippen LogP contribution in [0.25, 0.3) is 0 Å². The van der Waals surface area contributed by atoms with Crippen molar-refractivity contribution in [2.24, 2.45) is 0 Å². The number of hydrogen-bond acceptors (Lipinski definition) is 3. The molecule has 1 saturated heterocycles. The fourth-order valence-electron chi connectivity index (χ4n) is 3.49. The number of nitrogens with one attached hydrogen (secondary N) is 1. The van der Waals surface area contributed by atoms with Gasteiger partial charge in [-0.15, -0.1) is 13.2 Å². The molecule has 130 valence electrons. The molecule has 0 bridgehead atoms. The molecule has 5 nitrogen and oxygen atoms in total. The predicted molar refractivity (Wildman–Crippen MR) is 78.4 cm³/mol. The lowest BCUT2D eigenvalue weighted by Gasteiger charge is -2.43. The van der Waals surface area contributed by atoms with Crippen LogP contribution in [0.5, 0.6) is 5.75 Å². The van der Waals surface area contributed by atoms with E-state index in [1.807, 2.05) is 0 Å². The molecule has 1 aromatic rings. The summed E-state index contributed by atoms with van der Waals surface area (Å²) >= 11 is 0. The van der Waals surface area contributed by atoms with E-state index in [2.05, 4.69) is 10.1 Å². The molecule has 1 heterocycles. The summed E-state index contributed by atoms with van der Waals surface area (Å²) in [7, 11) is 0. The molecule has 1 aliphatic carbocycles. The first kappa shape index (κ1) is 16.6. The highest BCUT2D eigenvalue weighted by atomic mass is 19.4. The highest BCUT2D eigenvalue weighted by Gasteiger charge is 2.50. The van der Waals surface area contributed by atoms with E-state index in [-0.39, 0.29) is 23.1 Å². The minimum absolute atomic E-state index is 0.142. The van der Waals surface area contributed by atoms with Crippen LogP contribution in [0.3, 0.4) is 0 Å². The maximum absolute atomic E-state index is 12.8. The van der Waals surface area contributed by atoms with Crippen molar-refractivity contribution in [3.63, 3.8) is 0 Å². The number of piperazine rings is 1. The quantitative estimate of drug-likeness (QED) is 0.898. The fraction of sp³-hybridized carbons (Fsp3) is 0.500. The molecule has 0 atom stereocenters. The zero-order valence-electron chi connectivity index (χ0n) is 12.9. The van der Waals surface area contributed by atoms with Gasteiger partial charge >= 0.3 is 6.36 Å². The summed E-state index contributed by atoms with van der Waals surface area (Å²) in [6.07, 6.45) is -1.81. The Morgan fingerprint density at radius 3 is 2.38 bits per heavy atom. The topological polar surface area (TPSA) is 58.6 Å². The maximum atomic E-state index is 12.8. The molecule has 0 unspecified atom stereocenters. The Hall–Kier alpha value is -2.25. The third kappa shape index (κ3) is 3.05. The number of carbonyl (C=O) groups excluding carboxylic acids is 2. The summed E-state index contributed by atoms with van der Waals surface area (Å²) in [6, 6.07) is 4.79. The second-order valence-corrected chi connectivity index (χ2v) is 6.02. The molecule has 2 fully saturated rings. The van der Waals surface area contributed by atoms with Gasteiger partial charge in [-0.05, 0) is 37.1 Å². The Labute approximate surface area is 136 Å². The van der Waals surface area contributed by atoms with Gasteiger partial charge in [0.2, 0.25) is 5.91 Å². The normalized spacial score (nSPS) is 20.1. The average molecular weight is 342 g/mol. The van der Waals surface area contributed by atoms with Gasteiger partial charge in [0.05, 0.1) is 0 Å². The predicted octanol–water partition coefficient (Wildman–Crippen LogP) is 2.47. The highest BCUT2D eigenvalue weighted by molar-refractivity contribution is 6.00. The number of alkyl halides is 3. The third-order valence-corrected chi connectivity index (χ3v) is 4.57. The number of ether oxygens (including phenoxy) is 1. The van der Waals surface area contributed by atoms with Crippen molar-refractivity contribution in [1.29, 1.82) is 0 Å². The van der Waals surface area contributed by atoms with Crippen molar-refractivity contribution in [2.75, 3.05) is 13.1 Å². The SMILES string of the molecule is O=C(c1ccc(OC(F)(F)F)cc1)N1CCNC(=O)C12CCCC2. The van der Waals surface area contributed by atoms with Crippen molar-refractivity contribution in [1.82, 2.24) is 10.2 Å². The summed E-state index contributed by atoms with van der Waals surface area (Å²) < 4.78 is 40.4. The third-order valence-electron chi connectivity index (χ3n) is 4.57. The number of hydrogen-bond donors (Lipinski definition) is 1. The van der Waals surface area contributed by atoms with Crippen LogP contribution in [0.2, 0.25) is 0 Å². The molecule has 2 amide bonds. The lowest BCUT2D eigenvalue weighted by atomic mass is 9.90. The maximum Gasteiger partial charge on any atom is 0.573 e. The van der Waals surface area contributed by atoms with Crippen LogP contribution in [0, 0.1) is 0 Å². The Morgan fingerprint density at radius 1 is 1.17 bits per heavy atom. The molecule has 0 radical (unpaired) electrons. The molecule has 1 saturated carbocycles. The van der Waals surface area contributed by atoms with Gasteiger partial charge in [-0.25, -0.2) is 0 Å². The van der Waals surface area contributed by atoms with Gasteiger partial charge < -0.3 is 15.0 Å². The number of rotatable bonds is 2. The fourth-order valence-corrected chi connectivity index (χ4v) is 3.49. The summed E-state index contributed by atoms with van der Waals surface area (Å²) in [6.45, 7) is 0.771. The summed E-state index contributed by atoms with van der Waals surface area (Å²) in [5.74, 6) is -0.868. The molecule has 2 aliphatic rings. The van der Waals surface area contributed by atoms with Gasteiger partial charge in [0.25, 0.3) is 5.91 Å². The minimum Gasteiger partial charge on any atom is -0.406 e. The van der Waals surface area contributed by atoms with E-state index in [1.54, 1.807) is 4.90 Å². The molecule has 8 heteroatoms. The number of carbonyl (C=O) groups is 2. The van der Waals surface area contributed by atoms with Gasteiger partial charge in [-0.2, -0.15) is 0 Å². The monoisotopic (exact) mass is 342 g/mol. The zero-order chi connectivity index (χ0) is 17.4. The van der Waals surface area contributed by atoms with E-state index in [1.165, 1.54) is 12.1 Å². The van der Waals surface area contributed by atoms with E-state index in [0.29, 0.717) is 25.9 Å². The second kappa shape index (κ2) is 5.99. The summed E-state index contributed by atoms with van der Waals surface area (Å²) in [4.78, 5) is 26.7. The molecule has 0 aromatic heterocycles. The van der Waals surface area contributed by atoms with Crippen molar-refractivity contribution in [3.05, 3.63) is 29.8 Å². The van der Waals surface area contributed by atoms with E-state index >= 15 is 0 Å². The van der Waals surface area contributed by atoms with Crippen LogP contribution in [0.1, 0.15) is 36.0 Å². The van der Waals surface area contributed by atoms with Gasteiger partial charge in [0.15, 0.2) is 0 Å². The number of nitrogens with zero attached hydrogens (tertiary/aromatic N) is 1. The van der Waals surface area contributed by atoms with Crippen LogP contribution in [0.15, 0.2) is 24.3 Å². The van der Waals surface area contributed by atoms with E-state index < -0.39 is 11.9 Å². The van der Waals surface area contributed by atoms with Gasteiger partial charge in [0, 0.05) is 18.7 Å². The minimum atomic E-state index is -4.77. The van der Waals surface area contributed by atoms with Crippen molar-refractivity contribution in [2.45, 2.75) is 37.6 Å². The molecule has 24 heavy (non-hydrogen) atoms. The summed E-state index contributed by atoms with van der Waals surface area (Å²) in [5, 5.41) is 2.81.